The van der Waals surface area contributed by atoms with Crippen molar-refractivity contribution in [2.45, 2.75) is 52.0 Å². The Morgan fingerprint density at radius 1 is 1.10 bits per heavy atom. The maximum absolute atomic E-state index is 13.2. The van der Waals surface area contributed by atoms with Crippen LogP contribution in [-0.4, -0.2) is 36.7 Å². The van der Waals surface area contributed by atoms with E-state index in [1.807, 2.05) is 52.0 Å². The molecule has 1 aromatic carbocycles. The Morgan fingerprint density at radius 2 is 1.72 bits per heavy atom. The molecule has 2 aromatic rings. The fourth-order valence-electron chi connectivity index (χ4n) is 4.00. The number of rotatable bonds is 5. The van der Waals surface area contributed by atoms with Crippen LogP contribution in [0.15, 0.2) is 35.4 Å². The van der Waals surface area contributed by atoms with Crippen LogP contribution >= 0.6 is 0 Å². The van der Waals surface area contributed by atoms with Crippen LogP contribution in [0.25, 0.3) is 0 Å². The maximum Gasteiger partial charge on any atom is 0.243 e. The minimum absolute atomic E-state index is 0.0229. The Balaban J connectivity index is 1.61. The monoisotopic (exact) mass is 415 g/mol. The molecule has 0 atom stereocenters. The van der Waals surface area contributed by atoms with Crippen molar-refractivity contribution < 1.29 is 13.2 Å². The van der Waals surface area contributed by atoms with Gasteiger partial charge in [-0.2, -0.15) is 4.31 Å². The maximum atomic E-state index is 13.2. The molecule has 156 valence electrons. The summed E-state index contributed by atoms with van der Waals surface area (Å²) in [5.74, 6) is -0.189. The minimum atomic E-state index is -3.56. The zero-order valence-electron chi connectivity index (χ0n) is 17.5. The molecule has 3 rings (SSSR count). The van der Waals surface area contributed by atoms with Crippen LogP contribution in [0.4, 0.5) is 0 Å². The van der Waals surface area contributed by atoms with Gasteiger partial charge in [-0.15, -0.1) is 0 Å². The molecule has 6 nitrogen and oxygen atoms in total. The van der Waals surface area contributed by atoms with Gasteiger partial charge in [0.1, 0.15) is 0 Å². The third-order valence-electron chi connectivity index (χ3n) is 5.47. The summed E-state index contributed by atoms with van der Waals surface area (Å²) in [6.07, 6.45) is 2.82. The van der Waals surface area contributed by atoms with E-state index < -0.39 is 10.0 Å². The Kier molecular flexibility index (Phi) is 6.39. The van der Waals surface area contributed by atoms with Crippen LogP contribution < -0.4 is 5.32 Å². The Bertz CT molecular complexity index is 969. The molecule has 7 heteroatoms. The van der Waals surface area contributed by atoms with Gasteiger partial charge in [0.05, 0.1) is 4.90 Å². The Hall–Kier alpha value is -2.25. The standard InChI is InChI=1S/C22H29N3O3S/c1-15-11-16(2)21(17(3)12-15)29(27,28)25-9-7-20(8-10-25)22(26)24-14-19-6-5-18(4)23-13-19/h5-6,11-13,20H,7-10,14H2,1-4H3,(H,24,26). The zero-order valence-corrected chi connectivity index (χ0v) is 18.3. The van der Waals surface area contributed by atoms with Crippen molar-refractivity contribution in [3.63, 3.8) is 0 Å². The van der Waals surface area contributed by atoms with Crippen molar-refractivity contribution >= 4 is 15.9 Å². The van der Waals surface area contributed by atoms with E-state index in [-0.39, 0.29) is 11.8 Å². The van der Waals surface area contributed by atoms with Gasteiger partial charge in [0.15, 0.2) is 0 Å². The van der Waals surface area contributed by atoms with E-state index in [4.69, 9.17) is 0 Å². The first kappa shape index (κ1) is 21.5. The Labute approximate surface area is 173 Å². The fourth-order valence-corrected chi connectivity index (χ4v) is 5.88. The number of amides is 1. The lowest BCUT2D eigenvalue weighted by Crippen LogP contribution is -2.43. The van der Waals surface area contributed by atoms with E-state index in [1.54, 1.807) is 6.20 Å². The number of benzene rings is 1. The number of aryl methyl sites for hydroxylation is 4. The molecule has 1 aromatic heterocycles. The molecule has 29 heavy (non-hydrogen) atoms. The molecule has 0 radical (unpaired) electrons. The highest BCUT2D eigenvalue weighted by molar-refractivity contribution is 7.89. The van der Waals surface area contributed by atoms with Crippen molar-refractivity contribution in [3.05, 3.63) is 58.4 Å². The van der Waals surface area contributed by atoms with Gasteiger partial charge in [-0.25, -0.2) is 8.42 Å². The predicted octanol–water partition coefficient (Wildman–Crippen LogP) is 3.03. The van der Waals surface area contributed by atoms with Gasteiger partial charge in [0.25, 0.3) is 0 Å². The van der Waals surface area contributed by atoms with Crippen molar-refractivity contribution in [2.75, 3.05) is 13.1 Å². The van der Waals surface area contributed by atoms with E-state index in [9.17, 15) is 13.2 Å². The molecule has 0 bridgehead atoms. The zero-order chi connectivity index (χ0) is 21.2. The SMILES string of the molecule is Cc1cc(C)c(S(=O)(=O)N2CCC(C(=O)NCc3ccc(C)nc3)CC2)c(C)c1. The lowest BCUT2D eigenvalue weighted by Gasteiger charge is -2.31. The van der Waals surface area contributed by atoms with Crippen molar-refractivity contribution in [3.8, 4) is 0 Å². The van der Waals surface area contributed by atoms with Crippen LogP contribution in [0, 0.1) is 33.6 Å². The third kappa shape index (κ3) is 4.85. The molecule has 1 aliphatic heterocycles. The molecular formula is C22H29N3O3S. The topological polar surface area (TPSA) is 79.4 Å². The molecular weight excluding hydrogens is 386 g/mol. The predicted molar refractivity (Wildman–Crippen MR) is 113 cm³/mol. The summed E-state index contributed by atoms with van der Waals surface area (Å²) in [6.45, 7) is 8.72. The first-order chi connectivity index (χ1) is 13.7. The van der Waals surface area contributed by atoms with Gasteiger partial charge in [0.2, 0.25) is 15.9 Å². The average Bonchev–Trinajstić information content (AvgIpc) is 2.66. The van der Waals surface area contributed by atoms with E-state index in [2.05, 4.69) is 10.3 Å². The number of aromatic nitrogens is 1. The van der Waals surface area contributed by atoms with Crippen LogP contribution in [0.3, 0.4) is 0 Å². The highest BCUT2D eigenvalue weighted by atomic mass is 32.2. The van der Waals surface area contributed by atoms with Gasteiger partial charge >= 0.3 is 0 Å². The normalized spacial score (nSPS) is 16.0. The number of hydrogen-bond acceptors (Lipinski definition) is 4. The summed E-state index contributed by atoms with van der Waals surface area (Å²) >= 11 is 0. The summed E-state index contributed by atoms with van der Waals surface area (Å²) in [5, 5.41) is 2.95. The van der Waals surface area contributed by atoms with Gasteiger partial charge in [-0.3, -0.25) is 9.78 Å². The number of carbonyl (C=O) groups is 1. The number of carbonyl (C=O) groups excluding carboxylic acids is 1. The molecule has 0 saturated carbocycles. The van der Waals surface area contributed by atoms with Crippen molar-refractivity contribution in [2.24, 2.45) is 5.92 Å². The van der Waals surface area contributed by atoms with Gasteiger partial charge < -0.3 is 5.32 Å². The molecule has 1 amide bonds. The molecule has 1 saturated heterocycles. The summed E-state index contributed by atoms with van der Waals surface area (Å²) in [6, 6.07) is 7.67. The van der Waals surface area contributed by atoms with E-state index >= 15 is 0 Å². The van der Waals surface area contributed by atoms with E-state index in [0.29, 0.717) is 37.4 Å². The lowest BCUT2D eigenvalue weighted by atomic mass is 9.97. The van der Waals surface area contributed by atoms with Crippen LogP contribution in [0.2, 0.25) is 0 Å². The summed E-state index contributed by atoms with van der Waals surface area (Å²) in [5.41, 5.74) is 4.49. The highest BCUT2D eigenvalue weighted by Gasteiger charge is 2.33. The molecule has 2 heterocycles. The second kappa shape index (κ2) is 8.63. The molecule has 1 aliphatic rings. The number of sulfonamides is 1. The summed E-state index contributed by atoms with van der Waals surface area (Å²) in [4.78, 5) is 17.1. The van der Waals surface area contributed by atoms with E-state index in [1.165, 1.54) is 4.31 Å². The minimum Gasteiger partial charge on any atom is -0.352 e. The summed E-state index contributed by atoms with van der Waals surface area (Å²) in [7, 11) is -3.56. The van der Waals surface area contributed by atoms with Crippen LogP contribution in [0.1, 0.15) is 40.8 Å². The third-order valence-corrected chi connectivity index (χ3v) is 7.67. The number of pyridine rings is 1. The molecule has 0 spiro atoms. The Morgan fingerprint density at radius 3 is 2.28 bits per heavy atom. The number of nitrogens with zero attached hydrogens (tertiary/aromatic N) is 2. The lowest BCUT2D eigenvalue weighted by molar-refractivity contribution is -0.126. The highest BCUT2D eigenvalue weighted by Crippen LogP contribution is 2.28. The summed E-state index contributed by atoms with van der Waals surface area (Å²) < 4.78 is 27.9. The quantitative estimate of drug-likeness (QED) is 0.814. The van der Waals surface area contributed by atoms with E-state index in [0.717, 1.165) is 27.9 Å². The number of piperidine rings is 1. The average molecular weight is 416 g/mol. The first-order valence-electron chi connectivity index (χ1n) is 9.95. The van der Waals surface area contributed by atoms with Crippen LogP contribution in [-0.2, 0) is 21.4 Å². The molecule has 1 N–H and O–H groups in total. The molecule has 1 fully saturated rings. The van der Waals surface area contributed by atoms with Crippen LogP contribution in [0.5, 0.6) is 0 Å². The smallest absolute Gasteiger partial charge is 0.243 e. The van der Waals surface area contributed by atoms with Gasteiger partial charge in [-0.05, 0) is 63.3 Å². The second-order valence-corrected chi connectivity index (χ2v) is 9.81. The van der Waals surface area contributed by atoms with Gasteiger partial charge in [-0.1, -0.05) is 23.8 Å². The largest absolute Gasteiger partial charge is 0.352 e. The number of hydrogen-bond donors (Lipinski definition) is 1. The number of nitrogens with one attached hydrogen (secondary N) is 1. The first-order valence-corrected chi connectivity index (χ1v) is 11.4. The molecule has 0 unspecified atom stereocenters. The van der Waals surface area contributed by atoms with Gasteiger partial charge in [0, 0.05) is 37.4 Å². The second-order valence-electron chi connectivity index (χ2n) is 7.93. The van der Waals surface area contributed by atoms with Crippen molar-refractivity contribution in [1.82, 2.24) is 14.6 Å². The van der Waals surface area contributed by atoms with Crippen molar-refractivity contribution in [1.29, 1.82) is 0 Å². The molecule has 0 aliphatic carbocycles. The fraction of sp³-hybridized carbons (Fsp3) is 0.455.